The van der Waals surface area contributed by atoms with Crippen molar-refractivity contribution in [1.82, 2.24) is 9.88 Å². The van der Waals surface area contributed by atoms with Gasteiger partial charge in [-0.25, -0.2) is 0 Å². The molecule has 0 bridgehead atoms. The number of aromatic nitrogens is 1. The summed E-state index contributed by atoms with van der Waals surface area (Å²) in [6, 6.07) is 9.01. The molecule has 4 rings (SSSR count). The Kier molecular flexibility index (Phi) is 6.06. The van der Waals surface area contributed by atoms with Crippen molar-refractivity contribution in [1.29, 1.82) is 5.26 Å². The van der Waals surface area contributed by atoms with Gasteiger partial charge in [0.25, 0.3) is 5.91 Å². The monoisotopic (exact) mass is 458 g/mol. The molecule has 0 saturated carbocycles. The number of amides is 1. The number of nitrogens with zero attached hydrogens (tertiary/aromatic N) is 4. The molecule has 2 aliphatic heterocycles. The fourth-order valence-corrected chi connectivity index (χ4v) is 5.14. The Labute approximate surface area is 190 Å². The maximum Gasteiger partial charge on any atom is 0.417 e. The summed E-state index contributed by atoms with van der Waals surface area (Å²) in [6.45, 7) is 3.71. The van der Waals surface area contributed by atoms with Gasteiger partial charge in [-0.15, -0.1) is 0 Å². The van der Waals surface area contributed by atoms with Crippen LogP contribution in [-0.2, 0) is 6.18 Å². The predicted molar refractivity (Wildman–Crippen MR) is 115 cm³/mol. The van der Waals surface area contributed by atoms with Crippen molar-refractivity contribution in [3.63, 3.8) is 0 Å². The Bertz CT molecular complexity index is 1090. The standard InChI is InChI=1S/C24H25F3N4O2/c1-16-3-2-8-29-21(16)22(33)31-13-18(14-32)23(15-31)6-9-30(10-7-23)19-5-4-17(12-28)20(11-19)24(25,26)27/h2-5,8,11,18,32H,6-7,9-10,13-15H2,1H3. The highest BCUT2D eigenvalue weighted by molar-refractivity contribution is 5.93. The van der Waals surface area contributed by atoms with Crippen LogP contribution in [0.1, 0.15) is 40.0 Å². The van der Waals surface area contributed by atoms with Crippen LogP contribution in [-0.4, -0.2) is 53.7 Å². The van der Waals surface area contributed by atoms with Gasteiger partial charge < -0.3 is 14.9 Å². The van der Waals surface area contributed by atoms with Crippen LogP contribution in [0.15, 0.2) is 36.5 Å². The predicted octanol–water partition coefficient (Wildman–Crippen LogP) is 3.63. The molecule has 0 aliphatic carbocycles. The molecule has 0 radical (unpaired) electrons. The lowest BCUT2D eigenvalue weighted by molar-refractivity contribution is -0.137. The zero-order valence-electron chi connectivity index (χ0n) is 18.3. The fourth-order valence-electron chi connectivity index (χ4n) is 5.14. The van der Waals surface area contributed by atoms with Gasteiger partial charge >= 0.3 is 6.18 Å². The van der Waals surface area contributed by atoms with Gasteiger partial charge in [0.2, 0.25) is 0 Å². The van der Waals surface area contributed by atoms with Gasteiger partial charge in [0.15, 0.2) is 0 Å². The third-order valence-corrected chi connectivity index (χ3v) is 7.09. The number of aryl methyl sites for hydroxylation is 1. The van der Waals surface area contributed by atoms with E-state index in [0.717, 1.165) is 11.6 Å². The minimum Gasteiger partial charge on any atom is -0.396 e. The Morgan fingerprint density at radius 3 is 2.64 bits per heavy atom. The maximum atomic E-state index is 13.4. The van der Waals surface area contributed by atoms with Gasteiger partial charge in [-0.3, -0.25) is 9.78 Å². The Morgan fingerprint density at radius 1 is 1.30 bits per heavy atom. The first-order valence-electron chi connectivity index (χ1n) is 10.9. The molecule has 2 fully saturated rings. The molecule has 2 aromatic rings. The average Bonchev–Trinajstić information content (AvgIpc) is 3.16. The van der Waals surface area contributed by atoms with Crippen molar-refractivity contribution in [2.75, 3.05) is 37.7 Å². The Morgan fingerprint density at radius 2 is 2.03 bits per heavy atom. The van der Waals surface area contributed by atoms with E-state index in [2.05, 4.69) is 4.98 Å². The number of anilines is 1. The summed E-state index contributed by atoms with van der Waals surface area (Å²) in [5.41, 5.74) is 0.00490. The van der Waals surface area contributed by atoms with Crippen LogP contribution in [0, 0.1) is 29.6 Å². The number of likely N-dealkylation sites (tertiary alicyclic amines) is 1. The lowest BCUT2D eigenvalue weighted by Crippen LogP contribution is -2.45. The summed E-state index contributed by atoms with van der Waals surface area (Å²) in [7, 11) is 0. The number of aliphatic hydroxyl groups is 1. The third-order valence-electron chi connectivity index (χ3n) is 7.09. The highest BCUT2D eigenvalue weighted by Crippen LogP contribution is 2.46. The number of carbonyl (C=O) groups excluding carboxylic acids is 1. The zero-order valence-corrected chi connectivity index (χ0v) is 18.3. The number of hydrogen-bond donors (Lipinski definition) is 1. The first kappa shape index (κ1) is 23.1. The normalized spacial score (nSPS) is 20.2. The lowest BCUT2D eigenvalue weighted by atomic mass is 9.71. The van der Waals surface area contributed by atoms with Crippen molar-refractivity contribution in [3.05, 3.63) is 58.9 Å². The van der Waals surface area contributed by atoms with Crippen LogP contribution in [0.5, 0.6) is 0 Å². The van der Waals surface area contributed by atoms with Crippen molar-refractivity contribution in [3.8, 4) is 6.07 Å². The number of aliphatic hydroxyl groups excluding tert-OH is 1. The summed E-state index contributed by atoms with van der Waals surface area (Å²) in [5.74, 6) is -0.257. The Balaban J connectivity index is 1.51. The van der Waals surface area contributed by atoms with Gasteiger partial charge in [-0.2, -0.15) is 18.4 Å². The van der Waals surface area contributed by atoms with E-state index in [9.17, 15) is 23.1 Å². The van der Waals surface area contributed by atoms with E-state index in [1.54, 1.807) is 29.3 Å². The van der Waals surface area contributed by atoms with Crippen LogP contribution in [0.25, 0.3) is 0 Å². The van der Waals surface area contributed by atoms with Gasteiger partial charge in [0.05, 0.1) is 17.2 Å². The molecule has 1 N–H and O–H groups in total. The molecule has 1 unspecified atom stereocenters. The molecule has 1 aromatic heterocycles. The summed E-state index contributed by atoms with van der Waals surface area (Å²) in [4.78, 5) is 20.9. The Hall–Kier alpha value is -3.12. The van der Waals surface area contributed by atoms with Crippen LogP contribution in [0.3, 0.4) is 0 Å². The van der Waals surface area contributed by atoms with E-state index in [1.807, 2.05) is 17.9 Å². The van der Waals surface area contributed by atoms with Gasteiger partial charge in [-0.1, -0.05) is 6.07 Å². The highest BCUT2D eigenvalue weighted by atomic mass is 19.4. The van der Waals surface area contributed by atoms with Crippen LogP contribution in [0.2, 0.25) is 0 Å². The van der Waals surface area contributed by atoms with Gasteiger partial charge in [0.1, 0.15) is 5.69 Å². The largest absolute Gasteiger partial charge is 0.417 e. The van der Waals surface area contributed by atoms with Crippen LogP contribution >= 0.6 is 0 Å². The molecule has 33 heavy (non-hydrogen) atoms. The summed E-state index contributed by atoms with van der Waals surface area (Å²) < 4.78 is 40.1. The van der Waals surface area contributed by atoms with Gasteiger partial charge in [0, 0.05) is 50.6 Å². The topological polar surface area (TPSA) is 80.5 Å². The molecule has 6 nitrogen and oxygen atoms in total. The lowest BCUT2D eigenvalue weighted by Gasteiger charge is -2.43. The number of pyridine rings is 1. The van der Waals surface area contributed by atoms with Crippen LogP contribution < -0.4 is 4.90 Å². The second-order valence-corrected chi connectivity index (χ2v) is 8.92. The summed E-state index contributed by atoms with van der Waals surface area (Å²) >= 11 is 0. The second kappa shape index (κ2) is 8.67. The number of alkyl halides is 3. The average molecular weight is 458 g/mol. The van der Waals surface area contributed by atoms with E-state index in [-0.39, 0.29) is 23.8 Å². The minimum atomic E-state index is -4.60. The number of rotatable bonds is 3. The molecular weight excluding hydrogens is 433 g/mol. The molecular formula is C24H25F3N4O2. The van der Waals surface area contributed by atoms with E-state index >= 15 is 0 Å². The minimum absolute atomic E-state index is 0.0555. The molecule has 9 heteroatoms. The molecule has 174 valence electrons. The van der Waals surface area contributed by atoms with E-state index in [1.165, 1.54) is 6.07 Å². The molecule has 1 spiro atoms. The van der Waals surface area contributed by atoms with E-state index < -0.39 is 17.3 Å². The number of carbonyl (C=O) groups is 1. The van der Waals surface area contributed by atoms with Crippen molar-refractivity contribution in [2.24, 2.45) is 11.3 Å². The number of halogens is 3. The number of piperidine rings is 1. The quantitative estimate of drug-likeness (QED) is 0.760. The highest BCUT2D eigenvalue weighted by Gasteiger charge is 2.49. The van der Waals surface area contributed by atoms with Crippen molar-refractivity contribution >= 4 is 11.6 Å². The first-order valence-corrected chi connectivity index (χ1v) is 10.9. The zero-order chi connectivity index (χ0) is 23.8. The molecule has 2 saturated heterocycles. The van der Waals surface area contributed by atoms with Crippen molar-refractivity contribution < 1.29 is 23.1 Å². The number of hydrogen-bond acceptors (Lipinski definition) is 5. The van der Waals surface area contributed by atoms with Crippen LogP contribution in [0.4, 0.5) is 18.9 Å². The number of nitriles is 1. The molecule has 1 atom stereocenters. The molecule has 1 amide bonds. The van der Waals surface area contributed by atoms with E-state index in [0.29, 0.717) is 50.4 Å². The first-order chi connectivity index (χ1) is 15.7. The fraction of sp³-hybridized carbons (Fsp3) is 0.458. The molecule has 2 aliphatic rings. The van der Waals surface area contributed by atoms with Gasteiger partial charge in [-0.05, 0) is 55.0 Å². The third kappa shape index (κ3) is 4.27. The maximum absolute atomic E-state index is 13.4. The SMILES string of the molecule is Cc1cccnc1C(=O)N1CC(CO)C2(CCN(c3ccc(C#N)c(C(F)(F)F)c3)CC2)C1. The van der Waals surface area contributed by atoms with E-state index in [4.69, 9.17) is 5.26 Å². The second-order valence-electron chi connectivity index (χ2n) is 8.92. The van der Waals surface area contributed by atoms with Crippen molar-refractivity contribution in [2.45, 2.75) is 25.9 Å². The smallest absolute Gasteiger partial charge is 0.396 e. The summed E-state index contributed by atoms with van der Waals surface area (Å²) in [6.07, 6.45) is -1.73. The number of benzene rings is 1. The molecule has 1 aromatic carbocycles. The summed E-state index contributed by atoms with van der Waals surface area (Å²) in [5, 5.41) is 19.1. The molecule has 3 heterocycles.